The molecule has 2 aliphatic heterocycles. The van der Waals surface area contributed by atoms with Gasteiger partial charge >= 0.3 is 0 Å². The summed E-state index contributed by atoms with van der Waals surface area (Å²) in [5, 5.41) is 3.49. The van der Waals surface area contributed by atoms with Crippen LogP contribution in [-0.2, 0) is 16.6 Å². The first-order chi connectivity index (χ1) is 14.9. The highest BCUT2D eigenvalue weighted by Crippen LogP contribution is 2.33. The third kappa shape index (κ3) is 3.66. The summed E-state index contributed by atoms with van der Waals surface area (Å²) < 4.78 is 33.8. The highest BCUT2D eigenvalue weighted by molar-refractivity contribution is 7.92. The Morgan fingerprint density at radius 1 is 1.13 bits per heavy atom. The Labute approximate surface area is 184 Å². The smallest absolute Gasteiger partial charge is 0.261 e. The minimum absolute atomic E-state index is 0.125. The van der Waals surface area contributed by atoms with E-state index in [0.29, 0.717) is 64.6 Å². The summed E-state index contributed by atoms with van der Waals surface area (Å²) in [5.41, 5.74) is 9.81. The fraction of sp³-hybridized carbons (Fsp3) is 0.143. The van der Waals surface area contributed by atoms with Crippen LogP contribution in [0.2, 0.25) is 5.02 Å². The van der Waals surface area contributed by atoms with Gasteiger partial charge in [-0.05, 0) is 42.5 Å². The number of fused-ring (bicyclic) bond motifs is 2. The number of ether oxygens (including phenoxy) is 1. The molecular weight excluding hydrogens is 438 g/mol. The molecule has 31 heavy (non-hydrogen) atoms. The van der Waals surface area contributed by atoms with Gasteiger partial charge in [0.25, 0.3) is 10.0 Å². The number of aromatic nitrogens is 1. The van der Waals surface area contributed by atoms with Gasteiger partial charge in [-0.3, -0.25) is 9.71 Å². The molecule has 1 aromatic heterocycles. The maximum Gasteiger partial charge on any atom is 0.261 e. The van der Waals surface area contributed by atoms with Crippen molar-refractivity contribution in [3.05, 3.63) is 64.8 Å². The van der Waals surface area contributed by atoms with Crippen LogP contribution in [0, 0.1) is 0 Å². The normalized spacial score (nSPS) is 14.7. The standard InChI is InChI=1S/C21H18ClN5O3S/c22-16-9-13(2-4-15(16)17-5-1-12-11-25-21(23)20(12)26-17)27-31(28,29)14-3-6-19-18(10-14)24-7-8-30-19/h1-6,9-10,24,27H,7-8,11H2,(H2,23,25). The zero-order valence-corrected chi connectivity index (χ0v) is 17.8. The molecule has 5 rings (SSSR count). The van der Waals surface area contributed by atoms with E-state index in [1.165, 1.54) is 6.07 Å². The summed E-state index contributed by atoms with van der Waals surface area (Å²) in [5.74, 6) is 1.03. The highest BCUT2D eigenvalue weighted by atomic mass is 35.5. The van der Waals surface area contributed by atoms with Crippen molar-refractivity contribution in [2.24, 2.45) is 10.7 Å². The van der Waals surface area contributed by atoms with Crippen molar-refractivity contribution in [1.82, 2.24) is 4.98 Å². The number of amidine groups is 1. The number of hydrogen-bond donors (Lipinski definition) is 3. The number of nitrogens with zero attached hydrogens (tertiary/aromatic N) is 2. The number of sulfonamides is 1. The summed E-state index contributed by atoms with van der Waals surface area (Å²) in [6.07, 6.45) is 0. The summed E-state index contributed by atoms with van der Waals surface area (Å²) in [4.78, 5) is 8.87. The number of pyridine rings is 1. The van der Waals surface area contributed by atoms with E-state index in [1.807, 2.05) is 12.1 Å². The lowest BCUT2D eigenvalue weighted by atomic mass is 10.1. The molecule has 3 aromatic rings. The molecule has 0 spiro atoms. The lowest BCUT2D eigenvalue weighted by Crippen LogP contribution is -2.19. The monoisotopic (exact) mass is 455 g/mol. The maximum absolute atomic E-state index is 12.9. The number of hydrogen-bond acceptors (Lipinski definition) is 7. The van der Waals surface area contributed by atoms with E-state index in [1.54, 1.807) is 30.3 Å². The van der Waals surface area contributed by atoms with Gasteiger partial charge in [-0.1, -0.05) is 17.7 Å². The lowest BCUT2D eigenvalue weighted by molar-refractivity contribution is 0.323. The fourth-order valence-corrected chi connectivity index (χ4v) is 4.87. The fourth-order valence-electron chi connectivity index (χ4n) is 3.52. The zero-order valence-electron chi connectivity index (χ0n) is 16.2. The van der Waals surface area contributed by atoms with Gasteiger partial charge in [0.15, 0.2) is 0 Å². The van der Waals surface area contributed by atoms with Crippen molar-refractivity contribution >= 4 is 38.8 Å². The zero-order chi connectivity index (χ0) is 21.6. The van der Waals surface area contributed by atoms with Crippen LogP contribution in [-0.4, -0.2) is 32.4 Å². The predicted octanol–water partition coefficient (Wildman–Crippen LogP) is 3.23. The van der Waals surface area contributed by atoms with Crippen LogP contribution in [0.3, 0.4) is 0 Å². The van der Waals surface area contributed by atoms with E-state index in [4.69, 9.17) is 22.1 Å². The number of rotatable bonds is 4. The molecule has 2 aliphatic rings. The van der Waals surface area contributed by atoms with Crippen molar-refractivity contribution in [3.63, 3.8) is 0 Å². The quantitative estimate of drug-likeness (QED) is 0.555. The summed E-state index contributed by atoms with van der Waals surface area (Å²) >= 11 is 6.46. The highest BCUT2D eigenvalue weighted by Gasteiger charge is 2.20. The largest absolute Gasteiger partial charge is 0.490 e. The van der Waals surface area contributed by atoms with Gasteiger partial charge in [0.2, 0.25) is 0 Å². The van der Waals surface area contributed by atoms with E-state index in [9.17, 15) is 8.42 Å². The van der Waals surface area contributed by atoms with E-state index in [2.05, 4.69) is 20.0 Å². The average Bonchev–Trinajstić information content (AvgIpc) is 3.13. The first-order valence-electron chi connectivity index (χ1n) is 9.54. The van der Waals surface area contributed by atoms with E-state index in [-0.39, 0.29) is 4.90 Å². The summed E-state index contributed by atoms with van der Waals surface area (Å²) in [6.45, 7) is 1.68. The number of anilines is 2. The van der Waals surface area contributed by atoms with Gasteiger partial charge in [-0.25, -0.2) is 13.4 Å². The minimum atomic E-state index is -3.81. The number of nitrogens with two attached hydrogens (primary N) is 1. The molecular formula is C21H18ClN5O3S. The Morgan fingerprint density at radius 3 is 2.84 bits per heavy atom. The van der Waals surface area contributed by atoms with E-state index < -0.39 is 10.0 Å². The Balaban J connectivity index is 1.42. The topological polar surface area (TPSA) is 119 Å². The maximum atomic E-state index is 12.9. The molecule has 2 aromatic carbocycles. The third-order valence-corrected chi connectivity index (χ3v) is 6.77. The summed E-state index contributed by atoms with van der Waals surface area (Å²) in [7, 11) is -3.81. The molecule has 0 unspecified atom stereocenters. The first kappa shape index (κ1) is 19.7. The second-order valence-electron chi connectivity index (χ2n) is 7.14. The molecule has 0 atom stereocenters. The number of aliphatic imine (C=N–C) groups is 1. The molecule has 0 radical (unpaired) electrons. The average molecular weight is 456 g/mol. The van der Waals surface area contributed by atoms with Gasteiger partial charge in [-0.15, -0.1) is 0 Å². The minimum Gasteiger partial charge on any atom is -0.490 e. The Bertz CT molecular complexity index is 1340. The molecule has 0 aliphatic carbocycles. The van der Waals surface area contributed by atoms with Crippen molar-refractivity contribution in [3.8, 4) is 17.0 Å². The Morgan fingerprint density at radius 2 is 2.00 bits per heavy atom. The van der Waals surface area contributed by atoms with Crippen LogP contribution in [0.1, 0.15) is 11.3 Å². The molecule has 0 saturated carbocycles. The first-order valence-corrected chi connectivity index (χ1v) is 11.4. The van der Waals surface area contributed by atoms with Gasteiger partial charge in [-0.2, -0.15) is 0 Å². The molecule has 8 nitrogen and oxygen atoms in total. The number of nitrogens with one attached hydrogen (secondary N) is 2. The Hall–Kier alpha value is -3.30. The molecule has 0 amide bonds. The lowest BCUT2D eigenvalue weighted by Gasteiger charge is -2.20. The van der Waals surface area contributed by atoms with Crippen LogP contribution in [0.25, 0.3) is 11.3 Å². The molecule has 4 N–H and O–H groups in total. The van der Waals surface area contributed by atoms with Crippen molar-refractivity contribution < 1.29 is 13.2 Å². The van der Waals surface area contributed by atoms with Gasteiger partial charge in [0.1, 0.15) is 23.9 Å². The Kier molecular flexibility index (Phi) is 4.71. The summed E-state index contributed by atoms with van der Waals surface area (Å²) in [6, 6.07) is 13.4. The van der Waals surface area contributed by atoms with E-state index >= 15 is 0 Å². The van der Waals surface area contributed by atoms with Crippen molar-refractivity contribution in [2.45, 2.75) is 11.4 Å². The van der Waals surface area contributed by atoms with Crippen LogP contribution in [0.5, 0.6) is 5.75 Å². The SMILES string of the molecule is NC1=NCc2ccc(-c3ccc(NS(=O)(=O)c4ccc5c(c4)NCCO5)cc3Cl)nc21. The molecule has 10 heteroatoms. The van der Waals surface area contributed by atoms with Crippen molar-refractivity contribution in [1.29, 1.82) is 0 Å². The van der Waals surface area contributed by atoms with Crippen molar-refractivity contribution in [2.75, 3.05) is 23.2 Å². The van der Waals surface area contributed by atoms with Crippen LogP contribution < -0.4 is 20.5 Å². The van der Waals surface area contributed by atoms with Crippen LogP contribution in [0.15, 0.2) is 58.4 Å². The van der Waals surface area contributed by atoms with Crippen LogP contribution >= 0.6 is 11.6 Å². The predicted molar refractivity (Wildman–Crippen MR) is 120 cm³/mol. The molecule has 0 fully saturated rings. The molecule has 158 valence electrons. The third-order valence-electron chi connectivity index (χ3n) is 5.07. The molecule has 3 heterocycles. The molecule has 0 saturated heterocycles. The van der Waals surface area contributed by atoms with E-state index in [0.717, 1.165) is 5.56 Å². The van der Waals surface area contributed by atoms with Gasteiger partial charge in [0.05, 0.1) is 33.5 Å². The second kappa shape index (κ2) is 7.44. The second-order valence-corrected chi connectivity index (χ2v) is 9.23. The van der Waals surface area contributed by atoms with Gasteiger partial charge < -0.3 is 15.8 Å². The van der Waals surface area contributed by atoms with Gasteiger partial charge in [0, 0.05) is 17.7 Å². The van der Waals surface area contributed by atoms with Crippen LogP contribution in [0.4, 0.5) is 11.4 Å². The molecule has 0 bridgehead atoms. The number of halogens is 1. The number of benzene rings is 2.